The van der Waals surface area contributed by atoms with Gasteiger partial charge in [-0.25, -0.2) is 4.39 Å². The molecule has 2 fully saturated rings. The van der Waals surface area contributed by atoms with Crippen LogP contribution in [0.15, 0.2) is 54.1 Å². The van der Waals surface area contributed by atoms with E-state index in [1.807, 2.05) is 13.8 Å². The van der Waals surface area contributed by atoms with Gasteiger partial charge < -0.3 is 14.7 Å². The number of hydrogen-bond acceptors (Lipinski definition) is 4. The first kappa shape index (κ1) is 22.1. The first-order valence-corrected chi connectivity index (χ1v) is 11.2. The fourth-order valence-corrected chi connectivity index (χ4v) is 4.54. The SMILES string of the molecule is CC(C)COc1ccc(/C(O)=C2/C(=O)C(=O)N(C3CCCC3)C2c2ccccc2F)cc1. The van der Waals surface area contributed by atoms with Crippen molar-refractivity contribution in [3.8, 4) is 5.75 Å². The van der Waals surface area contributed by atoms with Gasteiger partial charge in [0, 0.05) is 17.2 Å². The lowest BCUT2D eigenvalue weighted by atomic mass is 9.94. The maximum Gasteiger partial charge on any atom is 0.295 e. The predicted octanol–water partition coefficient (Wildman–Crippen LogP) is 5.22. The zero-order valence-electron chi connectivity index (χ0n) is 18.4. The number of Topliss-reactive ketones (excluding diaryl/α,β-unsaturated/α-hetero) is 1. The number of aliphatic hydroxyl groups is 1. The van der Waals surface area contributed by atoms with Crippen LogP contribution in [0.4, 0.5) is 4.39 Å². The Morgan fingerprint density at radius 1 is 1.09 bits per heavy atom. The molecule has 0 bridgehead atoms. The second-order valence-corrected chi connectivity index (χ2v) is 8.90. The number of likely N-dealkylation sites (tertiary alicyclic amines) is 1. The molecule has 1 aliphatic heterocycles. The first-order valence-electron chi connectivity index (χ1n) is 11.2. The van der Waals surface area contributed by atoms with E-state index in [-0.39, 0.29) is 22.9 Å². The van der Waals surface area contributed by atoms with Crippen LogP contribution in [0.5, 0.6) is 5.75 Å². The zero-order valence-corrected chi connectivity index (χ0v) is 18.4. The highest BCUT2D eigenvalue weighted by molar-refractivity contribution is 6.46. The van der Waals surface area contributed by atoms with E-state index in [0.717, 1.165) is 25.7 Å². The number of aliphatic hydroxyl groups excluding tert-OH is 1. The number of ether oxygens (including phenoxy) is 1. The van der Waals surface area contributed by atoms with E-state index in [1.165, 1.54) is 11.0 Å². The molecular weight excluding hydrogens is 409 g/mol. The zero-order chi connectivity index (χ0) is 22.8. The van der Waals surface area contributed by atoms with Crippen LogP contribution >= 0.6 is 0 Å². The Labute approximate surface area is 187 Å². The van der Waals surface area contributed by atoms with Crippen molar-refractivity contribution in [1.82, 2.24) is 4.90 Å². The number of hydrogen-bond donors (Lipinski definition) is 1. The standard InChI is InChI=1S/C26H28FNO4/c1-16(2)15-32-19-13-11-17(12-14-19)24(29)22-23(20-9-5-6-10-21(20)27)28(26(31)25(22)30)18-7-3-4-8-18/h5-6,9-14,16,18,23,29H,3-4,7-8,15H2,1-2H3/b24-22-. The molecule has 6 heteroatoms. The molecule has 4 rings (SSSR count). The summed E-state index contributed by atoms with van der Waals surface area (Å²) in [6.07, 6.45) is 3.44. The Hall–Kier alpha value is -3.15. The normalized spacial score (nSPS) is 21.0. The van der Waals surface area contributed by atoms with E-state index in [0.29, 0.717) is 23.8 Å². The van der Waals surface area contributed by atoms with Gasteiger partial charge in [-0.15, -0.1) is 0 Å². The van der Waals surface area contributed by atoms with Crippen LogP contribution in [-0.4, -0.2) is 34.3 Å². The topological polar surface area (TPSA) is 66.8 Å². The molecule has 1 unspecified atom stereocenters. The molecule has 2 aromatic carbocycles. The van der Waals surface area contributed by atoms with Crippen molar-refractivity contribution in [3.05, 3.63) is 71.0 Å². The van der Waals surface area contributed by atoms with Crippen LogP contribution in [-0.2, 0) is 9.59 Å². The lowest BCUT2D eigenvalue weighted by Crippen LogP contribution is -2.38. The summed E-state index contributed by atoms with van der Waals surface area (Å²) in [4.78, 5) is 27.6. The third kappa shape index (κ3) is 4.14. The van der Waals surface area contributed by atoms with Crippen LogP contribution in [0.1, 0.15) is 56.7 Å². The van der Waals surface area contributed by atoms with E-state index in [1.54, 1.807) is 42.5 Å². The number of nitrogens with zero attached hydrogens (tertiary/aromatic N) is 1. The molecule has 1 heterocycles. The van der Waals surface area contributed by atoms with Crippen molar-refractivity contribution < 1.29 is 23.8 Å². The lowest BCUT2D eigenvalue weighted by molar-refractivity contribution is -0.141. The van der Waals surface area contributed by atoms with Crippen LogP contribution in [0.25, 0.3) is 5.76 Å². The van der Waals surface area contributed by atoms with Crippen LogP contribution in [0.3, 0.4) is 0 Å². The second-order valence-electron chi connectivity index (χ2n) is 8.90. The van der Waals surface area contributed by atoms with Gasteiger partial charge in [0.2, 0.25) is 0 Å². The second kappa shape index (κ2) is 9.15. The molecular formula is C26H28FNO4. The van der Waals surface area contributed by atoms with Crippen molar-refractivity contribution in [2.24, 2.45) is 5.92 Å². The summed E-state index contributed by atoms with van der Waals surface area (Å²) in [6.45, 7) is 4.66. The van der Waals surface area contributed by atoms with Crippen molar-refractivity contribution in [2.45, 2.75) is 51.6 Å². The van der Waals surface area contributed by atoms with Gasteiger partial charge >= 0.3 is 0 Å². The number of carbonyl (C=O) groups is 2. The number of ketones is 1. The fourth-order valence-electron chi connectivity index (χ4n) is 4.54. The first-order chi connectivity index (χ1) is 15.4. The summed E-state index contributed by atoms with van der Waals surface area (Å²) < 4.78 is 20.5. The van der Waals surface area contributed by atoms with Crippen molar-refractivity contribution in [2.75, 3.05) is 6.61 Å². The Balaban J connectivity index is 1.77. The number of halogens is 1. The van der Waals surface area contributed by atoms with Crippen LogP contribution < -0.4 is 4.74 Å². The molecule has 1 amide bonds. The molecule has 0 aromatic heterocycles. The molecule has 32 heavy (non-hydrogen) atoms. The summed E-state index contributed by atoms with van der Waals surface area (Å²) in [7, 11) is 0. The monoisotopic (exact) mass is 437 g/mol. The molecule has 168 valence electrons. The minimum Gasteiger partial charge on any atom is -0.507 e. The van der Waals surface area contributed by atoms with Crippen LogP contribution in [0.2, 0.25) is 0 Å². The van der Waals surface area contributed by atoms with Crippen molar-refractivity contribution in [1.29, 1.82) is 0 Å². The Bertz CT molecular complexity index is 1040. The largest absolute Gasteiger partial charge is 0.507 e. The number of carbonyl (C=O) groups excluding carboxylic acids is 2. The number of amides is 1. The third-order valence-corrected chi connectivity index (χ3v) is 6.11. The molecule has 0 spiro atoms. The van der Waals surface area contributed by atoms with E-state index in [9.17, 15) is 19.1 Å². The Morgan fingerprint density at radius 2 is 1.75 bits per heavy atom. The highest BCUT2D eigenvalue weighted by Crippen LogP contribution is 2.44. The summed E-state index contributed by atoms with van der Waals surface area (Å²) in [5, 5.41) is 11.1. The number of rotatable bonds is 6. The van der Waals surface area contributed by atoms with Gasteiger partial charge in [0.05, 0.1) is 18.2 Å². The highest BCUT2D eigenvalue weighted by atomic mass is 19.1. The Kier molecular flexibility index (Phi) is 6.31. The minimum absolute atomic E-state index is 0.0668. The van der Waals surface area contributed by atoms with E-state index < -0.39 is 23.5 Å². The summed E-state index contributed by atoms with van der Waals surface area (Å²) in [5.41, 5.74) is 0.535. The van der Waals surface area contributed by atoms with E-state index >= 15 is 0 Å². The van der Waals surface area contributed by atoms with Crippen LogP contribution in [0, 0.1) is 11.7 Å². The Morgan fingerprint density at radius 3 is 2.38 bits per heavy atom. The maximum atomic E-state index is 14.8. The molecule has 0 radical (unpaired) electrons. The molecule has 1 aliphatic carbocycles. The summed E-state index contributed by atoms with van der Waals surface area (Å²) in [5.74, 6) is -1.24. The summed E-state index contributed by atoms with van der Waals surface area (Å²) >= 11 is 0. The molecule has 5 nitrogen and oxygen atoms in total. The van der Waals surface area contributed by atoms with Gasteiger partial charge in [-0.3, -0.25) is 9.59 Å². The molecule has 1 N–H and O–H groups in total. The van der Waals surface area contributed by atoms with Gasteiger partial charge in [0.1, 0.15) is 17.3 Å². The molecule has 1 saturated carbocycles. The lowest BCUT2D eigenvalue weighted by Gasteiger charge is -2.30. The average Bonchev–Trinajstić information content (AvgIpc) is 3.39. The third-order valence-electron chi connectivity index (χ3n) is 6.11. The van der Waals surface area contributed by atoms with E-state index in [2.05, 4.69) is 0 Å². The molecule has 2 aliphatic rings. The smallest absolute Gasteiger partial charge is 0.295 e. The maximum absolute atomic E-state index is 14.8. The van der Waals surface area contributed by atoms with Gasteiger partial charge in [-0.05, 0) is 49.1 Å². The number of benzene rings is 2. The quantitative estimate of drug-likeness (QED) is 0.382. The average molecular weight is 438 g/mol. The fraction of sp³-hybridized carbons (Fsp3) is 0.385. The minimum atomic E-state index is -0.948. The van der Waals surface area contributed by atoms with Gasteiger partial charge in [-0.2, -0.15) is 0 Å². The highest BCUT2D eigenvalue weighted by Gasteiger charge is 2.49. The summed E-state index contributed by atoms with van der Waals surface area (Å²) in [6, 6.07) is 11.7. The van der Waals surface area contributed by atoms with E-state index in [4.69, 9.17) is 4.74 Å². The van der Waals surface area contributed by atoms with Crippen molar-refractivity contribution in [3.63, 3.8) is 0 Å². The molecule has 1 atom stereocenters. The van der Waals surface area contributed by atoms with Gasteiger partial charge in [0.15, 0.2) is 0 Å². The molecule has 2 aromatic rings. The van der Waals surface area contributed by atoms with Gasteiger partial charge in [-0.1, -0.05) is 44.9 Å². The predicted molar refractivity (Wildman–Crippen MR) is 120 cm³/mol. The van der Waals surface area contributed by atoms with Crippen molar-refractivity contribution >= 4 is 17.4 Å². The van der Waals surface area contributed by atoms with Gasteiger partial charge in [0.25, 0.3) is 11.7 Å². The molecule has 1 saturated heterocycles.